The van der Waals surface area contributed by atoms with E-state index >= 15 is 0 Å². The van der Waals surface area contributed by atoms with Crippen LogP contribution in [-0.2, 0) is 25.2 Å². The Hall–Kier alpha value is -4.86. The van der Waals surface area contributed by atoms with Gasteiger partial charge in [0.05, 0.1) is 26.1 Å². The van der Waals surface area contributed by atoms with Gasteiger partial charge < -0.3 is 35.4 Å². The van der Waals surface area contributed by atoms with Gasteiger partial charge in [0, 0.05) is 10.8 Å². The van der Waals surface area contributed by atoms with Crippen LogP contribution in [0.25, 0.3) is 0 Å². The van der Waals surface area contributed by atoms with E-state index in [1.54, 1.807) is 24.3 Å². The molecule has 0 aliphatic heterocycles. The van der Waals surface area contributed by atoms with Crippen molar-refractivity contribution in [2.75, 3.05) is 13.2 Å². The molecule has 0 heterocycles. The average molecular weight is 813 g/mol. The van der Waals surface area contributed by atoms with Crippen LogP contribution >= 0.6 is 0 Å². The molecule has 0 aliphatic rings. The van der Waals surface area contributed by atoms with E-state index < -0.39 is 22.8 Å². The molecule has 0 radical (unpaired) electrons. The van der Waals surface area contributed by atoms with Gasteiger partial charge in [0.1, 0.15) is 23.0 Å². The molecule has 4 atom stereocenters. The molecule has 0 saturated carbocycles. The summed E-state index contributed by atoms with van der Waals surface area (Å²) in [6, 6.07) is 21.6. The van der Waals surface area contributed by atoms with E-state index in [0.717, 1.165) is 70.2 Å². The lowest BCUT2D eigenvalue weighted by atomic mass is 9.71. The highest BCUT2D eigenvalue weighted by molar-refractivity contribution is 5.87. The van der Waals surface area contributed by atoms with Crippen LogP contribution in [0.5, 0.6) is 23.0 Å². The maximum atomic E-state index is 14.1. The first-order chi connectivity index (χ1) is 27.8. The number of hydrogen-bond acceptors (Lipinski definition) is 9. The van der Waals surface area contributed by atoms with Crippen molar-refractivity contribution in [2.45, 2.75) is 142 Å². The van der Waals surface area contributed by atoms with Gasteiger partial charge in [0.25, 0.3) is 0 Å². The van der Waals surface area contributed by atoms with E-state index in [1.165, 1.54) is 0 Å². The Morgan fingerprint density at radius 1 is 0.475 bits per heavy atom. The quantitative estimate of drug-likeness (QED) is 0.0450. The minimum absolute atomic E-state index is 0.0624. The number of phenols is 4. The van der Waals surface area contributed by atoms with Gasteiger partial charge in [-0.1, -0.05) is 118 Å². The molecule has 0 aliphatic carbocycles. The van der Waals surface area contributed by atoms with Crippen LogP contribution in [0.2, 0.25) is 0 Å². The molecular weight excluding hydrogens is 745 g/mol. The van der Waals surface area contributed by atoms with Crippen molar-refractivity contribution in [1.82, 2.24) is 0 Å². The van der Waals surface area contributed by atoms with Gasteiger partial charge in [-0.05, 0) is 118 Å². The van der Waals surface area contributed by atoms with Crippen LogP contribution < -0.4 is 0 Å². The fourth-order valence-corrected chi connectivity index (χ4v) is 7.57. The number of phenolic OH excluding ortho intramolecular Hbond substituents is 4. The summed E-state index contributed by atoms with van der Waals surface area (Å²) in [5.74, 6) is -0.439. The molecular formula is C50H68O9. The first-order valence-electron chi connectivity index (χ1n) is 21.1. The van der Waals surface area contributed by atoms with Crippen molar-refractivity contribution in [3.63, 3.8) is 0 Å². The molecule has 6 N–H and O–H groups in total. The Kier molecular flexibility index (Phi) is 17.6. The summed E-state index contributed by atoms with van der Waals surface area (Å²) in [7, 11) is 0. The summed E-state index contributed by atoms with van der Waals surface area (Å²) in [6.45, 7) is 20.0. The van der Waals surface area contributed by atoms with Crippen LogP contribution in [0.3, 0.4) is 0 Å². The minimum Gasteiger partial charge on any atom is -0.508 e. The summed E-state index contributed by atoms with van der Waals surface area (Å²) >= 11 is 0. The second kappa shape index (κ2) is 21.4. The molecule has 9 heteroatoms. The molecule has 9 nitrogen and oxygen atoms in total. The Labute approximate surface area is 351 Å². The summed E-state index contributed by atoms with van der Waals surface area (Å²) in [5, 5.41) is 58.5. The third kappa shape index (κ3) is 11.5. The highest BCUT2D eigenvalue weighted by atomic mass is 16.6. The molecule has 0 amide bonds. The maximum Gasteiger partial charge on any atom is 0.314 e. The van der Waals surface area contributed by atoms with E-state index in [-0.39, 0.29) is 72.7 Å². The smallest absolute Gasteiger partial charge is 0.314 e. The predicted molar refractivity (Wildman–Crippen MR) is 235 cm³/mol. The Morgan fingerprint density at radius 3 is 0.881 bits per heavy atom. The molecule has 4 unspecified atom stereocenters. The van der Waals surface area contributed by atoms with Crippen LogP contribution in [0.4, 0.5) is 0 Å². The number of aliphatic hydroxyl groups excluding tert-OH is 2. The first-order valence-corrected chi connectivity index (χ1v) is 21.1. The van der Waals surface area contributed by atoms with Crippen molar-refractivity contribution in [2.24, 2.45) is 0 Å². The normalized spacial score (nSPS) is 15.4. The average Bonchev–Trinajstić information content (AvgIpc) is 3.22. The SMILES string of the molecule is CCC(C)c1cc(C(C)(CC(=O)OC(=O)CC(C)(c2ccc(O)c(C(C)CC)c2)c2ccc(O)c(C(C)CC)c2)c2ccc(O)c(C(C)CC)c2)ccc1O.OCCO. The van der Waals surface area contributed by atoms with Gasteiger partial charge in [-0.15, -0.1) is 0 Å². The fourth-order valence-electron chi connectivity index (χ4n) is 7.57. The van der Waals surface area contributed by atoms with Crippen molar-refractivity contribution >= 4 is 11.9 Å². The topological polar surface area (TPSA) is 165 Å². The molecule has 4 aromatic carbocycles. The maximum absolute atomic E-state index is 14.1. The Morgan fingerprint density at radius 2 is 0.695 bits per heavy atom. The summed E-state index contributed by atoms with van der Waals surface area (Å²) in [6.07, 6.45) is 2.86. The monoisotopic (exact) mass is 812 g/mol. The lowest BCUT2D eigenvalue weighted by Gasteiger charge is -2.33. The summed E-state index contributed by atoms with van der Waals surface area (Å²) in [5.41, 5.74) is 4.20. The number of benzene rings is 4. The van der Waals surface area contributed by atoms with Gasteiger partial charge in [-0.2, -0.15) is 0 Å². The predicted octanol–water partition coefficient (Wildman–Crippen LogP) is 10.7. The van der Waals surface area contributed by atoms with E-state index in [9.17, 15) is 30.0 Å². The van der Waals surface area contributed by atoms with E-state index in [0.29, 0.717) is 0 Å². The van der Waals surface area contributed by atoms with Gasteiger partial charge in [-0.25, -0.2) is 0 Å². The van der Waals surface area contributed by atoms with Gasteiger partial charge >= 0.3 is 11.9 Å². The molecule has 59 heavy (non-hydrogen) atoms. The summed E-state index contributed by atoms with van der Waals surface area (Å²) < 4.78 is 5.74. The number of aromatic hydroxyl groups is 4. The fraction of sp³-hybridized carbons (Fsp3) is 0.480. The second-order valence-corrected chi connectivity index (χ2v) is 16.6. The number of esters is 2. The number of aliphatic hydroxyl groups is 2. The third-order valence-electron chi connectivity index (χ3n) is 12.6. The zero-order valence-electron chi connectivity index (χ0n) is 36.8. The van der Waals surface area contributed by atoms with Crippen LogP contribution in [0, 0.1) is 0 Å². The van der Waals surface area contributed by atoms with Crippen molar-refractivity contribution in [1.29, 1.82) is 0 Å². The van der Waals surface area contributed by atoms with Gasteiger partial charge in [0.2, 0.25) is 0 Å². The van der Waals surface area contributed by atoms with Crippen molar-refractivity contribution in [3.8, 4) is 23.0 Å². The van der Waals surface area contributed by atoms with Crippen LogP contribution in [-0.4, -0.2) is 55.8 Å². The molecule has 322 valence electrons. The lowest BCUT2D eigenvalue weighted by Crippen LogP contribution is -2.32. The standard InChI is InChI=1S/C48H62O7.C2H6O2/c1-11-29(5)37-23-33(15-19-41(37)49)47(9,34-16-20-42(50)38(24-34)30(6)12-2)27-45(53)55-46(54)28-48(10,35-17-21-43(51)39(25-35)31(7)13-3)36-18-22-44(52)40(26-36)32(8)14-4;3-1-2-4/h15-26,29-32,49-52H,11-14,27-28H2,1-10H3;3-4H,1-2H2. The van der Waals surface area contributed by atoms with Crippen molar-refractivity contribution < 1.29 is 45.0 Å². The highest BCUT2D eigenvalue weighted by Gasteiger charge is 2.38. The highest BCUT2D eigenvalue weighted by Crippen LogP contribution is 2.44. The number of carbonyl (C=O) groups excluding carboxylic acids is 2. The third-order valence-corrected chi connectivity index (χ3v) is 12.6. The van der Waals surface area contributed by atoms with E-state index in [4.69, 9.17) is 14.9 Å². The molecule has 4 aromatic rings. The zero-order valence-corrected chi connectivity index (χ0v) is 36.8. The van der Waals surface area contributed by atoms with E-state index in [1.807, 2.05) is 90.1 Å². The van der Waals surface area contributed by atoms with Gasteiger partial charge in [0.15, 0.2) is 0 Å². The Bertz CT molecular complexity index is 1760. The first kappa shape index (κ1) is 48.5. The zero-order chi connectivity index (χ0) is 44.2. The molecule has 0 aromatic heterocycles. The summed E-state index contributed by atoms with van der Waals surface area (Å²) in [4.78, 5) is 28.2. The minimum atomic E-state index is -0.989. The molecule has 0 saturated heterocycles. The molecule has 0 spiro atoms. The number of hydrogen-bond donors (Lipinski definition) is 6. The van der Waals surface area contributed by atoms with Gasteiger partial charge in [-0.3, -0.25) is 9.59 Å². The molecule has 0 bridgehead atoms. The van der Waals surface area contributed by atoms with E-state index in [2.05, 4.69) is 27.7 Å². The largest absolute Gasteiger partial charge is 0.508 e. The number of ether oxygens (including phenoxy) is 1. The van der Waals surface area contributed by atoms with Crippen LogP contribution in [0.1, 0.15) is 176 Å². The number of rotatable bonds is 17. The van der Waals surface area contributed by atoms with Crippen LogP contribution in [0.15, 0.2) is 72.8 Å². The second-order valence-electron chi connectivity index (χ2n) is 16.6. The molecule has 0 fully saturated rings. The van der Waals surface area contributed by atoms with Crippen molar-refractivity contribution in [3.05, 3.63) is 117 Å². The number of carbonyl (C=O) groups is 2. The Balaban J connectivity index is 0.00000222. The molecule has 4 rings (SSSR count). The lowest BCUT2D eigenvalue weighted by molar-refractivity contribution is -0.160.